The van der Waals surface area contributed by atoms with Gasteiger partial charge in [-0.3, -0.25) is 0 Å². The molecule has 1 heterocycles. The van der Waals surface area contributed by atoms with Crippen molar-refractivity contribution in [3.8, 4) is 0 Å². The number of hydrogen-bond acceptors (Lipinski definition) is 5. The molecule has 2 aromatic rings. The van der Waals surface area contributed by atoms with Crippen molar-refractivity contribution in [1.82, 2.24) is 10.1 Å². The quantitative estimate of drug-likeness (QED) is 0.902. The van der Waals surface area contributed by atoms with Gasteiger partial charge in [-0.1, -0.05) is 22.8 Å². The number of benzene rings is 1. The van der Waals surface area contributed by atoms with Gasteiger partial charge < -0.3 is 14.6 Å². The molecule has 0 aliphatic rings. The van der Waals surface area contributed by atoms with Crippen LogP contribution < -0.4 is 5.32 Å². The molecule has 0 radical (unpaired) electrons. The zero-order valence-corrected chi connectivity index (χ0v) is 10.9. The normalized spacial score (nSPS) is 12.4. The third-order valence-corrected chi connectivity index (χ3v) is 2.70. The van der Waals surface area contributed by atoms with Crippen LogP contribution in [-0.4, -0.2) is 17.3 Å². The summed E-state index contributed by atoms with van der Waals surface area (Å²) < 4.78 is 10.2. The van der Waals surface area contributed by atoms with Crippen LogP contribution in [0.2, 0.25) is 5.02 Å². The fourth-order valence-electron chi connectivity index (χ4n) is 1.39. The average molecular weight is 268 g/mol. The van der Waals surface area contributed by atoms with Crippen LogP contribution in [0.15, 0.2) is 28.8 Å². The van der Waals surface area contributed by atoms with Crippen LogP contribution in [0.4, 0.5) is 5.69 Å². The Morgan fingerprint density at radius 3 is 3.06 bits per heavy atom. The zero-order valence-electron chi connectivity index (χ0n) is 10.2. The molecule has 0 amide bonds. The minimum absolute atomic E-state index is 0.173. The molecule has 1 aromatic carbocycles. The lowest BCUT2D eigenvalue weighted by atomic mass is 10.3. The summed E-state index contributed by atoms with van der Waals surface area (Å²) >= 11 is 5.88. The van der Waals surface area contributed by atoms with E-state index in [9.17, 15) is 0 Å². The molecular formula is C12H14ClN3O2. The van der Waals surface area contributed by atoms with Gasteiger partial charge in [0.05, 0.1) is 6.54 Å². The Morgan fingerprint density at radius 1 is 1.50 bits per heavy atom. The monoisotopic (exact) mass is 267 g/mol. The second-order valence-electron chi connectivity index (χ2n) is 3.79. The fourth-order valence-corrected chi connectivity index (χ4v) is 1.58. The molecule has 1 unspecified atom stereocenters. The first-order chi connectivity index (χ1) is 8.69. The standard InChI is InChI=1S/C12H14ClN3O2/c1-8(17-2)12-15-11(18-16-12)7-14-10-5-3-4-9(13)6-10/h3-6,8,14H,7H2,1-2H3. The van der Waals surface area contributed by atoms with E-state index in [2.05, 4.69) is 15.5 Å². The fraction of sp³-hybridized carbons (Fsp3) is 0.333. The van der Waals surface area contributed by atoms with Gasteiger partial charge in [-0.05, 0) is 25.1 Å². The lowest BCUT2D eigenvalue weighted by Gasteiger charge is -2.03. The van der Waals surface area contributed by atoms with Crippen LogP contribution in [0.5, 0.6) is 0 Å². The molecule has 96 valence electrons. The smallest absolute Gasteiger partial charge is 0.246 e. The summed E-state index contributed by atoms with van der Waals surface area (Å²) in [7, 11) is 1.60. The number of nitrogens with zero attached hydrogens (tertiary/aromatic N) is 2. The maximum Gasteiger partial charge on any atom is 0.246 e. The Labute approximate surface area is 110 Å². The largest absolute Gasteiger partial charge is 0.376 e. The molecule has 1 atom stereocenters. The summed E-state index contributed by atoms with van der Waals surface area (Å²) in [6.45, 7) is 2.31. The SMILES string of the molecule is COC(C)c1noc(CNc2cccc(Cl)c2)n1. The van der Waals surface area contributed by atoms with Crippen LogP contribution in [0, 0.1) is 0 Å². The van der Waals surface area contributed by atoms with E-state index in [1.807, 2.05) is 31.2 Å². The van der Waals surface area contributed by atoms with Crippen molar-refractivity contribution < 1.29 is 9.26 Å². The van der Waals surface area contributed by atoms with E-state index in [1.54, 1.807) is 7.11 Å². The molecule has 6 heteroatoms. The zero-order chi connectivity index (χ0) is 13.0. The van der Waals surface area contributed by atoms with Gasteiger partial charge in [-0.15, -0.1) is 0 Å². The predicted octanol–water partition coefficient (Wildman–Crippen LogP) is 3.04. The molecule has 1 N–H and O–H groups in total. The maximum atomic E-state index is 5.88. The first kappa shape index (κ1) is 12.9. The molecule has 1 aromatic heterocycles. The van der Waals surface area contributed by atoms with Gasteiger partial charge in [0.2, 0.25) is 5.89 Å². The van der Waals surface area contributed by atoms with Crippen molar-refractivity contribution in [3.63, 3.8) is 0 Å². The average Bonchev–Trinajstić information content (AvgIpc) is 2.84. The lowest BCUT2D eigenvalue weighted by Crippen LogP contribution is -2.01. The van der Waals surface area contributed by atoms with Gasteiger partial charge in [-0.25, -0.2) is 0 Å². The van der Waals surface area contributed by atoms with Crippen LogP contribution in [0.3, 0.4) is 0 Å². The van der Waals surface area contributed by atoms with Gasteiger partial charge in [0.15, 0.2) is 5.82 Å². The van der Waals surface area contributed by atoms with Gasteiger partial charge in [0.25, 0.3) is 0 Å². The van der Waals surface area contributed by atoms with E-state index < -0.39 is 0 Å². The molecule has 0 spiro atoms. The molecule has 18 heavy (non-hydrogen) atoms. The number of halogens is 1. The number of rotatable bonds is 5. The lowest BCUT2D eigenvalue weighted by molar-refractivity contribution is 0.109. The van der Waals surface area contributed by atoms with Gasteiger partial charge >= 0.3 is 0 Å². The van der Waals surface area contributed by atoms with Gasteiger partial charge in [-0.2, -0.15) is 4.98 Å². The highest BCUT2D eigenvalue weighted by Crippen LogP contribution is 2.16. The van der Waals surface area contributed by atoms with E-state index >= 15 is 0 Å². The Kier molecular flexibility index (Phi) is 4.17. The Hall–Kier alpha value is -1.59. The Balaban J connectivity index is 1.96. The number of nitrogens with one attached hydrogen (secondary N) is 1. The molecule has 5 nitrogen and oxygen atoms in total. The predicted molar refractivity (Wildman–Crippen MR) is 68.5 cm³/mol. The van der Waals surface area contributed by atoms with E-state index in [0.717, 1.165) is 5.69 Å². The van der Waals surface area contributed by atoms with Crippen molar-refractivity contribution in [2.45, 2.75) is 19.6 Å². The van der Waals surface area contributed by atoms with Crippen molar-refractivity contribution >= 4 is 17.3 Å². The van der Waals surface area contributed by atoms with Gasteiger partial charge in [0.1, 0.15) is 6.10 Å². The highest BCUT2D eigenvalue weighted by atomic mass is 35.5. The molecule has 2 rings (SSSR count). The maximum absolute atomic E-state index is 5.88. The van der Waals surface area contributed by atoms with Crippen molar-refractivity contribution in [1.29, 1.82) is 0 Å². The summed E-state index contributed by atoms with van der Waals surface area (Å²) in [6.07, 6.45) is -0.173. The number of methoxy groups -OCH3 is 1. The molecule has 0 fully saturated rings. The molecule has 0 saturated carbocycles. The number of aromatic nitrogens is 2. The first-order valence-corrected chi connectivity index (χ1v) is 5.91. The van der Waals surface area contributed by atoms with E-state index in [0.29, 0.717) is 23.3 Å². The molecule has 0 aliphatic carbocycles. The van der Waals surface area contributed by atoms with E-state index in [1.165, 1.54) is 0 Å². The Morgan fingerprint density at radius 2 is 2.33 bits per heavy atom. The highest BCUT2D eigenvalue weighted by Gasteiger charge is 2.12. The summed E-state index contributed by atoms with van der Waals surface area (Å²) in [4.78, 5) is 4.22. The Bertz CT molecular complexity index is 516. The molecule has 0 aliphatic heterocycles. The van der Waals surface area contributed by atoms with Crippen molar-refractivity contribution in [3.05, 3.63) is 41.0 Å². The van der Waals surface area contributed by atoms with E-state index in [-0.39, 0.29) is 6.10 Å². The van der Waals surface area contributed by atoms with Crippen LogP contribution in [-0.2, 0) is 11.3 Å². The van der Waals surface area contributed by atoms with Gasteiger partial charge in [0, 0.05) is 17.8 Å². The van der Waals surface area contributed by atoms with Crippen LogP contribution >= 0.6 is 11.6 Å². The van der Waals surface area contributed by atoms with Crippen LogP contribution in [0.1, 0.15) is 24.7 Å². The molecular weight excluding hydrogens is 254 g/mol. The van der Waals surface area contributed by atoms with Crippen LogP contribution in [0.25, 0.3) is 0 Å². The van der Waals surface area contributed by atoms with Crippen molar-refractivity contribution in [2.75, 3.05) is 12.4 Å². The third-order valence-electron chi connectivity index (χ3n) is 2.47. The highest BCUT2D eigenvalue weighted by molar-refractivity contribution is 6.30. The molecule has 0 bridgehead atoms. The number of hydrogen-bond donors (Lipinski definition) is 1. The summed E-state index contributed by atoms with van der Waals surface area (Å²) in [5.74, 6) is 1.05. The topological polar surface area (TPSA) is 60.2 Å². The van der Waals surface area contributed by atoms with E-state index in [4.69, 9.17) is 20.9 Å². The van der Waals surface area contributed by atoms with Crippen molar-refractivity contribution in [2.24, 2.45) is 0 Å². The summed E-state index contributed by atoms with van der Waals surface area (Å²) in [6, 6.07) is 7.44. The number of ether oxygens (including phenoxy) is 1. The number of anilines is 1. The minimum atomic E-state index is -0.173. The first-order valence-electron chi connectivity index (χ1n) is 5.53. The second kappa shape index (κ2) is 5.84. The molecule has 0 saturated heterocycles. The summed E-state index contributed by atoms with van der Waals surface area (Å²) in [5.41, 5.74) is 0.905. The summed E-state index contributed by atoms with van der Waals surface area (Å²) in [5, 5.41) is 7.67. The minimum Gasteiger partial charge on any atom is -0.376 e. The second-order valence-corrected chi connectivity index (χ2v) is 4.22. The third kappa shape index (κ3) is 3.21.